The van der Waals surface area contributed by atoms with E-state index >= 15 is 0 Å². The molecule has 1 aliphatic rings. The standard InChI is InChI=1S/C36H64N4O5.2ClH/c1-7-8-16-38-36(43)31(27(4)5)23-33(41)32(37)22-29(26(2)3)24-39-35(42)30-15-14-28(25-40-17-10-9-11-18-40)21-34(30)45-20-13-12-19-44-6;;/h14-15,21,26-27,29,31-33,41H,7-13,16-20,22-25,37H2,1-6H3,(H,38,43)(H,39,42);2*1H. The third-order valence-electron chi connectivity index (χ3n) is 9.15. The van der Waals surface area contributed by atoms with Crippen LogP contribution in [0.5, 0.6) is 5.75 Å². The summed E-state index contributed by atoms with van der Waals surface area (Å²) >= 11 is 0. The molecular weight excluding hydrogens is 639 g/mol. The van der Waals surface area contributed by atoms with Crippen LogP contribution in [-0.4, -0.2) is 80.5 Å². The highest BCUT2D eigenvalue weighted by Crippen LogP contribution is 2.25. The minimum Gasteiger partial charge on any atom is -0.493 e. The molecule has 0 saturated carbocycles. The van der Waals surface area contributed by atoms with Crippen LogP contribution in [0.2, 0.25) is 0 Å². The number of piperidine rings is 1. The molecule has 47 heavy (non-hydrogen) atoms. The van der Waals surface area contributed by atoms with Crippen LogP contribution in [0.3, 0.4) is 0 Å². The molecule has 1 aromatic rings. The first-order valence-corrected chi connectivity index (χ1v) is 17.5. The monoisotopic (exact) mass is 704 g/mol. The van der Waals surface area contributed by atoms with Gasteiger partial charge in [-0.25, -0.2) is 0 Å². The Kier molecular flexibility index (Phi) is 24.5. The number of nitrogens with one attached hydrogen (secondary N) is 2. The highest BCUT2D eigenvalue weighted by molar-refractivity contribution is 5.97. The molecule has 0 spiro atoms. The van der Waals surface area contributed by atoms with Gasteiger partial charge in [0, 0.05) is 45.3 Å². The molecule has 4 atom stereocenters. The van der Waals surface area contributed by atoms with E-state index in [-0.39, 0.29) is 60.3 Å². The first-order valence-electron chi connectivity index (χ1n) is 17.5. The largest absolute Gasteiger partial charge is 0.493 e. The van der Waals surface area contributed by atoms with E-state index in [4.69, 9.17) is 15.2 Å². The van der Waals surface area contributed by atoms with Crippen LogP contribution in [0.4, 0.5) is 0 Å². The lowest BCUT2D eigenvalue weighted by Gasteiger charge is -2.30. The molecular formula is C36H66Cl2N4O5. The van der Waals surface area contributed by atoms with Crippen LogP contribution in [0.1, 0.15) is 108 Å². The number of ether oxygens (including phenoxy) is 2. The van der Waals surface area contributed by atoms with Crippen LogP contribution in [-0.2, 0) is 16.1 Å². The first kappa shape index (κ1) is 45.4. The van der Waals surface area contributed by atoms with Crippen LogP contribution in [0.25, 0.3) is 0 Å². The Hall–Kier alpha value is -1.62. The Bertz CT molecular complexity index is 994. The van der Waals surface area contributed by atoms with Crippen molar-refractivity contribution in [3.63, 3.8) is 0 Å². The number of halogens is 2. The van der Waals surface area contributed by atoms with Gasteiger partial charge < -0.3 is 30.9 Å². The zero-order chi connectivity index (χ0) is 33.2. The normalized spacial score (nSPS) is 16.0. The Morgan fingerprint density at radius 1 is 0.957 bits per heavy atom. The van der Waals surface area contributed by atoms with Gasteiger partial charge in [0.2, 0.25) is 5.91 Å². The van der Waals surface area contributed by atoms with Gasteiger partial charge in [-0.1, -0.05) is 53.5 Å². The van der Waals surface area contributed by atoms with E-state index in [1.807, 2.05) is 32.0 Å². The molecule has 11 heteroatoms. The van der Waals surface area contributed by atoms with Gasteiger partial charge in [0.05, 0.1) is 18.3 Å². The van der Waals surface area contributed by atoms with Gasteiger partial charge in [0.1, 0.15) is 5.75 Å². The first-order chi connectivity index (χ1) is 21.6. The fourth-order valence-corrected chi connectivity index (χ4v) is 5.93. The second kappa shape index (κ2) is 25.4. The van der Waals surface area contributed by atoms with E-state index in [0.717, 1.165) is 50.9 Å². The van der Waals surface area contributed by atoms with E-state index in [1.165, 1.54) is 19.3 Å². The average molecular weight is 706 g/mol. The molecule has 2 rings (SSSR count). The summed E-state index contributed by atoms with van der Waals surface area (Å²) in [7, 11) is 1.70. The van der Waals surface area contributed by atoms with Crippen molar-refractivity contribution in [2.45, 2.75) is 111 Å². The molecule has 9 nitrogen and oxygen atoms in total. The molecule has 274 valence electrons. The molecule has 1 fully saturated rings. The summed E-state index contributed by atoms with van der Waals surface area (Å²) in [5.74, 6) is 0.522. The number of hydrogen-bond acceptors (Lipinski definition) is 7. The summed E-state index contributed by atoms with van der Waals surface area (Å²) in [6.45, 7) is 15.7. The quantitative estimate of drug-likeness (QED) is 0.109. The Morgan fingerprint density at radius 3 is 2.26 bits per heavy atom. The van der Waals surface area contributed by atoms with Crippen molar-refractivity contribution >= 4 is 36.6 Å². The number of rotatable bonds is 22. The van der Waals surface area contributed by atoms with Crippen molar-refractivity contribution in [2.75, 3.05) is 46.5 Å². The van der Waals surface area contributed by atoms with Gasteiger partial charge in [-0.2, -0.15) is 0 Å². The van der Waals surface area contributed by atoms with Gasteiger partial charge in [0.15, 0.2) is 0 Å². The zero-order valence-corrected chi connectivity index (χ0v) is 31.6. The highest BCUT2D eigenvalue weighted by Gasteiger charge is 2.30. The summed E-state index contributed by atoms with van der Waals surface area (Å²) in [6, 6.07) is 5.45. The number of nitrogens with zero attached hydrogens (tertiary/aromatic N) is 1. The molecule has 1 saturated heterocycles. The fourth-order valence-electron chi connectivity index (χ4n) is 5.93. The number of likely N-dealkylation sites (tertiary alicyclic amines) is 1. The lowest BCUT2D eigenvalue weighted by atomic mass is 9.83. The summed E-state index contributed by atoms with van der Waals surface area (Å²) in [5, 5.41) is 17.2. The number of unbranched alkanes of at least 4 members (excludes halogenated alkanes) is 2. The molecule has 0 aromatic heterocycles. The van der Waals surface area contributed by atoms with Crippen molar-refractivity contribution in [2.24, 2.45) is 29.4 Å². The second-order valence-electron chi connectivity index (χ2n) is 13.6. The van der Waals surface area contributed by atoms with Gasteiger partial charge >= 0.3 is 0 Å². The molecule has 0 radical (unpaired) electrons. The van der Waals surface area contributed by atoms with Gasteiger partial charge in [-0.15, -0.1) is 24.8 Å². The summed E-state index contributed by atoms with van der Waals surface area (Å²) in [5.41, 5.74) is 8.21. The molecule has 0 bridgehead atoms. The summed E-state index contributed by atoms with van der Waals surface area (Å²) in [6.07, 6.45) is 7.50. The van der Waals surface area contributed by atoms with Crippen LogP contribution in [0.15, 0.2) is 18.2 Å². The van der Waals surface area contributed by atoms with E-state index < -0.39 is 12.1 Å². The molecule has 4 unspecified atom stereocenters. The molecule has 0 aliphatic carbocycles. The third kappa shape index (κ3) is 17.0. The zero-order valence-electron chi connectivity index (χ0n) is 29.9. The van der Waals surface area contributed by atoms with Crippen LogP contribution in [0, 0.1) is 23.7 Å². The van der Waals surface area contributed by atoms with Crippen molar-refractivity contribution in [3.05, 3.63) is 29.3 Å². The Labute approximate surface area is 297 Å². The topological polar surface area (TPSA) is 126 Å². The average Bonchev–Trinajstić information content (AvgIpc) is 3.01. The summed E-state index contributed by atoms with van der Waals surface area (Å²) in [4.78, 5) is 28.8. The molecule has 1 heterocycles. The lowest BCUT2D eigenvalue weighted by molar-refractivity contribution is -0.127. The predicted molar refractivity (Wildman–Crippen MR) is 197 cm³/mol. The summed E-state index contributed by atoms with van der Waals surface area (Å²) < 4.78 is 11.3. The number of methoxy groups -OCH3 is 1. The number of nitrogens with two attached hydrogens (primary N) is 1. The maximum Gasteiger partial charge on any atom is 0.255 e. The fraction of sp³-hybridized carbons (Fsp3) is 0.778. The number of carbonyl (C=O) groups excluding carboxylic acids is 2. The van der Waals surface area contributed by atoms with Crippen molar-refractivity contribution in [3.8, 4) is 5.75 Å². The smallest absolute Gasteiger partial charge is 0.255 e. The number of carbonyl (C=O) groups is 2. The van der Waals surface area contributed by atoms with E-state index in [2.05, 4.69) is 36.3 Å². The minimum absolute atomic E-state index is 0. The maximum atomic E-state index is 13.5. The lowest BCUT2D eigenvalue weighted by Crippen LogP contribution is -2.44. The van der Waals surface area contributed by atoms with Gasteiger partial charge in [-0.05, 0) is 93.5 Å². The highest BCUT2D eigenvalue weighted by atomic mass is 35.5. The van der Waals surface area contributed by atoms with Gasteiger partial charge in [0.25, 0.3) is 5.91 Å². The van der Waals surface area contributed by atoms with Crippen molar-refractivity contribution in [1.82, 2.24) is 15.5 Å². The predicted octanol–water partition coefficient (Wildman–Crippen LogP) is 5.98. The third-order valence-corrected chi connectivity index (χ3v) is 9.15. The number of aliphatic hydroxyl groups is 1. The minimum atomic E-state index is -0.808. The van der Waals surface area contributed by atoms with Crippen LogP contribution < -0.4 is 21.1 Å². The second-order valence-corrected chi connectivity index (χ2v) is 13.6. The number of aliphatic hydroxyl groups excluding tert-OH is 1. The number of amides is 2. The number of hydrogen-bond donors (Lipinski definition) is 4. The van der Waals surface area contributed by atoms with Gasteiger partial charge in [-0.3, -0.25) is 14.5 Å². The SMILES string of the molecule is CCCCNC(=O)C(CC(O)C(N)CC(CNC(=O)c1ccc(CN2CCCCC2)cc1OCCCCOC)C(C)C)C(C)C.Cl.Cl. The molecule has 1 aromatic carbocycles. The van der Waals surface area contributed by atoms with Crippen molar-refractivity contribution in [1.29, 1.82) is 0 Å². The molecule has 2 amide bonds. The van der Waals surface area contributed by atoms with Crippen LogP contribution >= 0.6 is 24.8 Å². The maximum absolute atomic E-state index is 13.5. The van der Waals surface area contributed by atoms with E-state index in [0.29, 0.717) is 50.5 Å². The van der Waals surface area contributed by atoms with E-state index in [9.17, 15) is 14.7 Å². The van der Waals surface area contributed by atoms with E-state index in [1.54, 1.807) is 7.11 Å². The molecule has 1 aliphatic heterocycles. The number of benzene rings is 1. The van der Waals surface area contributed by atoms with Crippen molar-refractivity contribution < 1.29 is 24.2 Å². The Morgan fingerprint density at radius 2 is 1.64 bits per heavy atom. The Balaban J connectivity index is 0.0000106. The molecule has 5 N–H and O–H groups in total.